The van der Waals surface area contributed by atoms with E-state index in [4.69, 9.17) is 24.9 Å². The molecule has 56 heavy (non-hydrogen) atoms. The normalized spacial score (nSPS) is 11.6. The van der Waals surface area contributed by atoms with Crippen molar-refractivity contribution in [2.75, 3.05) is 0 Å². The van der Waals surface area contributed by atoms with Gasteiger partial charge in [0, 0.05) is 43.2 Å². The van der Waals surface area contributed by atoms with Crippen molar-refractivity contribution in [1.82, 2.24) is 29.5 Å². The van der Waals surface area contributed by atoms with Crippen LogP contribution in [0.2, 0.25) is 0 Å². The molecule has 0 aliphatic carbocycles. The van der Waals surface area contributed by atoms with E-state index in [0.29, 0.717) is 29.0 Å². The first-order chi connectivity index (χ1) is 27.8. The van der Waals surface area contributed by atoms with Gasteiger partial charge in [0.05, 0.1) is 21.3 Å². The van der Waals surface area contributed by atoms with Crippen LogP contribution in [0.1, 0.15) is 0 Å². The molecule has 0 unspecified atom stereocenters. The smallest absolute Gasteiger partial charge is 0.184 e. The second-order valence-electron chi connectivity index (χ2n) is 13.7. The first-order valence-electron chi connectivity index (χ1n) is 18.5. The highest BCUT2D eigenvalue weighted by molar-refractivity contribution is 7.26. The summed E-state index contributed by atoms with van der Waals surface area (Å²) in [5.41, 5.74) is 9.71. The Morgan fingerprint density at radius 2 is 0.982 bits per heavy atom. The van der Waals surface area contributed by atoms with E-state index in [-0.39, 0.29) is 0 Å². The molecule has 4 aromatic heterocycles. The van der Waals surface area contributed by atoms with Crippen LogP contribution < -0.4 is 0 Å². The molecular formula is C49H30N6S. The zero-order valence-corrected chi connectivity index (χ0v) is 30.7. The Labute approximate surface area is 326 Å². The number of nitrogens with zero attached hydrogens (tertiary/aromatic N) is 6. The monoisotopic (exact) mass is 734 g/mol. The second-order valence-corrected chi connectivity index (χ2v) is 14.7. The molecule has 0 atom stereocenters. The van der Waals surface area contributed by atoms with E-state index in [1.165, 1.54) is 5.39 Å². The van der Waals surface area contributed by atoms with E-state index in [0.717, 1.165) is 70.2 Å². The zero-order chi connectivity index (χ0) is 37.0. The summed E-state index contributed by atoms with van der Waals surface area (Å²) in [5.74, 6) is 2.26. The Hall–Kier alpha value is -7.35. The summed E-state index contributed by atoms with van der Waals surface area (Å²) in [5, 5.41) is 3.37. The van der Waals surface area contributed by atoms with Gasteiger partial charge in [-0.2, -0.15) is 0 Å². The lowest BCUT2D eigenvalue weighted by molar-refractivity contribution is 1.06. The van der Waals surface area contributed by atoms with Gasteiger partial charge in [0.2, 0.25) is 0 Å². The molecule has 11 rings (SSSR count). The molecular weight excluding hydrogens is 705 g/mol. The van der Waals surface area contributed by atoms with Gasteiger partial charge in [0.1, 0.15) is 5.69 Å². The summed E-state index contributed by atoms with van der Waals surface area (Å²) < 4.78 is 4.38. The zero-order valence-electron chi connectivity index (χ0n) is 29.9. The minimum absolute atomic E-state index is 0.495. The molecule has 6 nitrogen and oxygen atoms in total. The molecule has 0 bridgehead atoms. The molecule has 7 heteroatoms. The van der Waals surface area contributed by atoms with Crippen LogP contribution in [-0.4, -0.2) is 29.5 Å². The largest absolute Gasteiger partial charge is 0.309 e. The molecule has 262 valence electrons. The van der Waals surface area contributed by atoms with Gasteiger partial charge in [-0.25, -0.2) is 24.9 Å². The van der Waals surface area contributed by atoms with Crippen molar-refractivity contribution in [2.45, 2.75) is 0 Å². The number of aromatic nitrogens is 6. The number of hydrogen-bond acceptors (Lipinski definition) is 6. The van der Waals surface area contributed by atoms with Gasteiger partial charge in [0.25, 0.3) is 0 Å². The van der Waals surface area contributed by atoms with Crippen molar-refractivity contribution >= 4 is 53.4 Å². The lowest BCUT2D eigenvalue weighted by atomic mass is 10.0. The standard InChI is InChI=1S/C49H30N6S/c1-4-16-31(17-5-1)33-20-14-21-34(30-33)47-52-46(32-18-6-2-7-19-32)53-49(54-47)43-45-42(38-25-11-13-29-41(38)56-45)50-48(51-43)39-27-15-26-37-36-24-10-12-28-40(36)55(44(37)39)35-22-8-3-9-23-35/h1-30H. The van der Waals surface area contributed by atoms with E-state index >= 15 is 0 Å². The Bertz CT molecular complexity index is 3250. The van der Waals surface area contributed by atoms with Crippen LogP contribution >= 0.6 is 11.3 Å². The van der Waals surface area contributed by atoms with E-state index in [9.17, 15) is 0 Å². The van der Waals surface area contributed by atoms with E-state index in [1.54, 1.807) is 11.3 Å². The third-order valence-corrected chi connectivity index (χ3v) is 11.4. The van der Waals surface area contributed by atoms with Gasteiger partial charge in [-0.05, 0) is 47.5 Å². The summed E-state index contributed by atoms with van der Waals surface area (Å²) in [6, 6.07) is 62.7. The van der Waals surface area contributed by atoms with Crippen LogP contribution in [-0.2, 0) is 0 Å². The predicted molar refractivity (Wildman–Crippen MR) is 230 cm³/mol. The first-order valence-corrected chi connectivity index (χ1v) is 19.3. The summed E-state index contributed by atoms with van der Waals surface area (Å²) in [6.45, 7) is 0. The van der Waals surface area contributed by atoms with Crippen molar-refractivity contribution in [3.8, 4) is 62.5 Å². The predicted octanol–water partition coefficient (Wildman–Crippen LogP) is 12.5. The van der Waals surface area contributed by atoms with Crippen molar-refractivity contribution in [2.24, 2.45) is 0 Å². The van der Waals surface area contributed by atoms with Gasteiger partial charge in [0.15, 0.2) is 23.3 Å². The maximum atomic E-state index is 5.46. The van der Waals surface area contributed by atoms with Crippen molar-refractivity contribution in [3.63, 3.8) is 0 Å². The van der Waals surface area contributed by atoms with Crippen LogP contribution in [0, 0.1) is 0 Å². The molecule has 0 spiro atoms. The summed E-state index contributed by atoms with van der Waals surface area (Å²) in [7, 11) is 0. The fourth-order valence-electron chi connectivity index (χ4n) is 7.70. The van der Waals surface area contributed by atoms with Crippen molar-refractivity contribution < 1.29 is 0 Å². The molecule has 7 aromatic carbocycles. The summed E-state index contributed by atoms with van der Waals surface area (Å²) in [4.78, 5) is 26.4. The molecule has 0 aliphatic rings. The molecule has 0 saturated heterocycles. The van der Waals surface area contributed by atoms with Crippen molar-refractivity contribution in [1.29, 1.82) is 0 Å². The summed E-state index contributed by atoms with van der Waals surface area (Å²) in [6.07, 6.45) is 0. The average molecular weight is 735 g/mol. The molecule has 4 heterocycles. The Morgan fingerprint density at radius 1 is 0.393 bits per heavy atom. The number of hydrogen-bond donors (Lipinski definition) is 0. The highest BCUT2D eigenvalue weighted by Gasteiger charge is 2.23. The average Bonchev–Trinajstić information content (AvgIpc) is 3.83. The third kappa shape index (κ3) is 5.36. The maximum Gasteiger partial charge on any atom is 0.184 e. The molecule has 0 amide bonds. The van der Waals surface area contributed by atoms with Crippen LogP contribution in [0.4, 0.5) is 0 Å². The molecule has 0 saturated carbocycles. The number of thiophene rings is 1. The first kappa shape index (κ1) is 32.1. The van der Waals surface area contributed by atoms with Gasteiger partial charge in [-0.3, -0.25) is 0 Å². The highest BCUT2D eigenvalue weighted by atomic mass is 32.1. The number of benzene rings is 7. The maximum absolute atomic E-state index is 5.46. The van der Waals surface area contributed by atoms with Gasteiger partial charge in [-0.15, -0.1) is 11.3 Å². The minimum atomic E-state index is 0.495. The highest BCUT2D eigenvalue weighted by Crippen LogP contribution is 2.42. The third-order valence-electron chi connectivity index (χ3n) is 10.3. The molecule has 11 aromatic rings. The molecule has 0 N–H and O–H groups in total. The SMILES string of the molecule is c1ccc(-c2cccc(-c3nc(-c4ccccc4)nc(-c4nc(-c5cccc6c7ccccc7n(-c7ccccc7)c56)nc5c4sc4ccccc45)n3)c2)cc1. The molecule has 0 aliphatic heterocycles. The Balaban J connectivity index is 1.20. The number of para-hydroxylation sites is 3. The van der Waals surface area contributed by atoms with Gasteiger partial charge >= 0.3 is 0 Å². The van der Waals surface area contributed by atoms with Crippen LogP contribution in [0.3, 0.4) is 0 Å². The molecule has 0 fully saturated rings. The van der Waals surface area contributed by atoms with E-state index in [1.807, 2.05) is 42.5 Å². The topological polar surface area (TPSA) is 69.4 Å². The lowest BCUT2D eigenvalue weighted by Crippen LogP contribution is -2.03. The number of rotatable bonds is 6. The fourth-order valence-corrected chi connectivity index (χ4v) is 8.83. The number of fused-ring (bicyclic) bond motifs is 6. The van der Waals surface area contributed by atoms with Crippen molar-refractivity contribution in [3.05, 3.63) is 182 Å². The van der Waals surface area contributed by atoms with Crippen LogP contribution in [0.5, 0.6) is 0 Å². The van der Waals surface area contributed by atoms with Crippen LogP contribution in [0.25, 0.3) is 105 Å². The van der Waals surface area contributed by atoms with Gasteiger partial charge < -0.3 is 4.57 Å². The molecule has 0 radical (unpaired) electrons. The van der Waals surface area contributed by atoms with E-state index in [2.05, 4.69) is 144 Å². The summed E-state index contributed by atoms with van der Waals surface area (Å²) >= 11 is 1.67. The minimum Gasteiger partial charge on any atom is -0.309 e. The fraction of sp³-hybridized carbons (Fsp3) is 0. The van der Waals surface area contributed by atoms with E-state index < -0.39 is 0 Å². The van der Waals surface area contributed by atoms with Crippen LogP contribution in [0.15, 0.2) is 182 Å². The Kier molecular flexibility index (Phi) is 7.57. The second kappa shape index (κ2) is 13.2. The quantitative estimate of drug-likeness (QED) is 0.170. The van der Waals surface area contributed by atoms with Gasteiger partial charge in [-0.1, -0.05) is 146 Å². The Morgan fingerprint density at radius 3 is 1.79 bits per heavy atom. The lowest BCUT2D eigenvalue weighted by Gasteiger charge is -2.13.